The molecule has 4 N–H and O–H groups in total. The van der Waals surface area contributed by atoms with E-state index in [-0.39, 0.29) is 29.6 Å². The van der Waals surface area contributed by atoms with Crippen molar-refractivity contribution in [1.29, 1.82) is 0 Å². The number of nitrogens with one attached hydrogen (secondary N) is 1. The lowest BCUT2D eigenvalue weighted by molar-refractivity contribution is -0.115. The van der Waals surface area contributed by atoms with Gasteiger partial charge >= 0.3 is 0 Å². The Morgan fingerprint density at radius 2 is 1.27 bits per heavy atom. The first-order valence-corrected chi connectivity index (χ1v) is 9.16. The first-order chi connectivity index (χ1) is 14.5. The van der Waals surface area contributed by atoms with Crippen LogP contribution in [0.5, 0.6) is 17.2 Å². The number of hydrogen-bond acceptors (Lipinski definition) is 6. The van der Waals surface area contributed by atoms with E-state index in [1.54, 1.807) is 36.4 Å². The Morgan fingerprint density at radius 1 is 0.767 bits per heavy atom. The van der Waals surface area contributed by atoms with Crippen LogP contribution in [-0.4, -0.2) is 26.4 Å². The molecule has 0 saturated heterocycles. The van der Waals surface area contributed by atoms with Gasteiger partial charge in [0.25, 0.3) is 0 Å². The number of benzene rings is 3. The summed E-state index contributed by atoms with van der Waals surface area (Å²) in [6.45, 7) is 0. The quantitative estimate of drug-likeness (QED) is 0.395. The SMILES string of the molecule is O=C(Cc1ccc(O)cc1)Nc1c(-c2ccc(O)cc2)noc1-c1ccc(O)cc1. The van der Waals surface area contributed by atoms with Crippen molar-refractivity contribution in [2.75, 3.05) is 5.32 Å². The first kappa shape index (κ1) is 19.1. The van der Waals surface area contributed by atoms with E-state index in [1.165, 1.54) is 36.4 Å². The fraction of sp³-hybridized carbons (Fsp3) is 0.0435. The van der Waals surface area contributed by atoms with Crippen molar-refractivity contribution < 1.29 is 24.6 Å². The first-order valence-electron chi connectivity index (χ1n) is 9.16. The van der Waals surface area contributed by atoms with E-state index >= 15 is 0 Å². The number of amides is 1. The molecule has 0 radical (unpaired) electrons. The van der Waals surface area contributed by atoms with E-state index < -0.39 is 0 Å². The van der Waals surface area contributed by atoms with Gasteiger partial charge in [-0.3, -0.25) is 4.79 Å². The number of nitrogens with zero attached hydrogens (tertiary/aromatic N) is 1. The third-order valence-electron chi connectivity index (χ3n) is 4.53. The molecule has 7 nitrogen and oxygen atoms in total. The van der Waals surface area contributed by atoms with Gasteiger partial charge in [-0.2, -0.15) is 0 Å². The molecule has 1 aromatic heterocycles. The Kier molecular flexibility index (Phi) is 5.09. The number of aromatic nitrogens is 1. The summed E-state index contributed by atoms with van der Waals surface area (Å²) in [7, 11) is 0. The zero-order chi connectivity index (χ0) is 21.1. The molecule has 150 valence electrons. The summed E-state index contributed by atoms with van der Waals surface area (Å²) < 4.78 is 5.53. The number of carbonyl (C=O) groups excluding carboxylic acids is 1. The van der Waals surface area contributed by atoms with Crippen LogP contribution < -0.4 is 5.32 Å². The standard InChI is InChI=1S/C23H18N2O5/c26-17-7-1-14(2-8-17)13-20(29)24-22-21(15-3-9-18(27)10-4-15)25-30-23(22)16-5-11-19(28)12-6-16/h1-12,26-28H,13H2,(H,24,29). The van der Waals surface area contributed by atoms with E-state index in [0.29, 0.717) is 28.3 Å². The van der Waals surface area contributed by atoms with E-state index in [0.717, 1.165) is 5.56 Å². The molecule has 0 saturated carbocycles. The van der Waals surface area contributed by atoms with Gasteiger partial charge in [-0.15, -0.1) is 0 Å². The van der Waals surface area contributed by atoms with Crippen molar-refractivity contribution in [2.45, 2.75) is 6.42 Å². The summed E-state index contributed by atoms with van der Waals surface area (Å²) in [5, 5.41) is 35.5. The topological polar surface area (TPSA) is 116 Å². The molecule has 0 aliphatic heterocycles. The van der Waals surface area contributed by atoms with Gasteiger partial charge in [0.15, 0.2) is 5.76 Å². The third kappa shape index (κ3) is 4.10. The minimum atomic E-state index is -0.288. The molecule has 0 atom stereocenters. The highest BCUT2D eigenvalue weighted by Crippen LogP contribution is 2.38. The fourth-order valence-electron chi connectivity index (χ4n) is 3.02. The largest absolute Gasteiger partial charge is 0.508 e. The highest BCUT2D eigenvalue weighted by atomic mass is 16.5. The maximum Gasteiger partial charge on any atom is 0.228 e. The van der Waals surface area contributed by atoms with Crippen molar-refractivity contribution in [3.63, 3.8) is 0 Å². The van der Waals surface area contributed by atoms with Crippen LogP contribution in [0.15, 0.2) is 77.3 Å². The lowest BCUT2D eigenvalue weighted by Crippen LogP contribution is -2.15. The average molecular weight is 402 g/mol. The van der Waals surface area contributed by atoms with Crippen LogP contribution in [0.3, 0.4) is 0 Å². The van der Waals surface area contributed by atoms with Crippen molar-refractivity contribution in [3.8, 4) is 39.8 Å². The molecule has 1 heterocycles. The lowest BCUT2D eigenvalue weighted by Gasteiger charge is -2.08. The number of hydrogen-bond donors (Lipinski definition) is 4. The highest BCUT2D eigenvalue weighted by Gasteiger charge is 2.21. The van der Waals surface area contributed by atoms with Gasteiger partial charge in [0.05, 0.1) is 6.42 Å². The number of carbonyl (C=O) groups is 1. The van der Waals surface area contributed by atoms with Crippen LogP contribution in [0.2, 0.25) is 0 Å². The molecule has 7 heteroatoms. The molecule has 0 spiro atoms. The summed E-state index contributed by atoms with van der Waals surface area (Å²) >= 11 is 0. The van der Waals surface area contributed by atoms with Crippen LogP contribution in [0.25, 0.3) is 22.6 Å². The molecular weight excluding hydrogens is 384 g/mol. The third-order valence-corrected chi connectivity index (χ3v) is 4.53. The summed E-state index contributed by atoms with van der Waals surface area (Å²) in [6.07, 6.45) is 0.0928. The number of rotatable bonds is 5. The van der Waals surface area contributed by atoms with Gasteiger partial charge in [0.2, 0.25) is 5.91 Å². The molecule has 0 aliphatic rings. The van der Waals surface area contributed by atoms with Gasteiger partial charge in [0.1, 0.15) is 28.6 Å². The molecule has 4 rings (SSSR count). The normalized spacial score (nSPS) is 10.7. The minimum absolute atomic E-state index is 0.0928. The van der Waals surface area contributed by atoms with Gasteiger partial charge < -0.3 is 25.2 Å². The predicted molar refractivity (Wildman–Crippen MR) is 111 cm³/mol. The highest BCUT2D eigenvalue weighted by molar-refractivity contribution is 6.00. The fourth-order valence-corrected chi connectivity index (χ4v) is 3.02. The lowest BCUT2D eigenvalue weighted by atomic mass is 10.1. The summed E-state index contributed by atoms with van der Waals surface area (Å²) in [5.74, 6) is 0.400. The molecular formula is C23H18N2O5. The van der Waals surface area contributed by atoms with E-state index in [1.807, 2.05) is 0 Å². The summed E-state index contributed by atoms with van der Waals surface area (Å²) in [4.78, 5) is 12.7. The van der Waals surface area contributed by atoms with Gasteiger partial charge in [-0.05, 0) is 66.2 Å². The van der Waals surface area contributed by atoms with Crippen LogP contribution in [0.1, 0.15) is 5.56 Å². The molecule has 0 bridgehead atoms. The average Bonchev–Trinajstić information content (AvgIpc) is 3.14. The van der Waals surface area contributed by atoms with Crippen LogP contribution >= 0.6 is 0 Å². The molecule has 0 aliphatic carbocycles. The molecule has 0 unspecified atom stereocenters. The Labute approximate surface area is 171 Å². The molecule has 4 aromatic rings. The van der Waals surface area contributed by atoms with Crippen molar-refractivity contribution in [1.82, 2.24) is 5.16 Å². The van der Waals surface area contributed by atoms with Crippen molar-refractivity contribution in [3.05, 3.63) is 78.4 Å². The zero-order valence-corrected chi connectivity index (χ0v) is 15.7. The number of phenolic OH excluding ortho intramolecular Hbond substituents is 3. The smallest absolute Gasteiger partial charge is 0.228 e. The number of anilines is 1. The van der Waals surface area contributed by atoms with E-state index in [4.69, 9.17) is 4.52 Å². The monoisotopic (exact) mass is 402 g/mol. The zero-order valence-electron chi connectivity index (χ0n) is 15.7. The summed E-state index contributed by atoms with van der Waals surface area (Å²) in [6, 6.07) is 19.1. The number of aromatic hydroxyl groups is 3. The Balaban J connectivity index is 1.69. The van der Waals surface area contributed by atoms with Gasteiger partial charge in [-0.1, -0.05) is 17.3 Å². The van der Waals surface area contributed by atoms with Crippen LogP contribution in [0, 0.1) is 0 Å². The van der Waals surface area contributed by atoms with Gasteiger partial charge in [-0.25, -0.2) is 0 Å². The Morgan fingerprint density at radius 3 is 1.83 bits per heavy atom. The molecule has 3 aromatic carbocycles. The van der Waals surface area contributed by atoms with E-state index in [9.17, 15) is 20.1 Å². The second-order valence-corrected chi connectivity index (χ2v) is 6.72. The Bertz CT molecular complexity index is 1100. The maximum absolute atomic E-state index is 12.7. The molecule has 30 heavy (non-hydrogen) atoms. The Hall–Kier alpha value is -4.26. The second kappa shape index (κ2) is 8.00. The van der Waals surface area contributed by atoms with Crippen molar-refractivity contribution >= 4 is 11.6 Å². The maximum atomic E-state index is 12.7. The predicted octanol–water partition coefficient (Wildman–Crippen LogP) is 4.31. The number of phenols is 3. The van der Waals surface area contributed by atoms with Crippen LogP contribution in [0.4, 0.5) is 5.69 Å². The molecule has 0 fully saturated rings. The van der Waals surface area contributed by atoms with Gasteiger partial charge in [0, 0.05) is 11.1 Å². The minimum Gasteiger partial charge on any atom is -0.508 e. The second-order valence-electron chi connectivity index (χ2n) is 6.72. The molecule has 1 amide bonds. The van der Waals surface area contributed by atoms with Crippen LogP contribution in [-0.2, 0) is 11.2 Å². The van der Waals surface area contributed by atoms with E-state index in [2.05, 4.69) is 10.5 Å². The summed E-state index contributed by atoms with van der Waals surface area (Å²) in [5.41, 5.74) is 2.82. The van der Waals surface area contributed by atoms with Crippen molar-refractivity contribution in [2.24, 2.45) is 0 Å².